The molecule has 0 saturated carbocycles. The van der Waals surface area contributed by atoms with Gasteiger partial charge in [0.05, 0.1) is 6.54 Å². The molecule has 1 amide bonds. The molecular weight excluding hydrogens is 330 g/mol. The van der Waals surface area contributed by atoms with Crippen LogP contribution < -0.4 is 10.6 Å². The van der Waals surface area contributed by atoms with E-state index in [4.69, 9.17) is 0 Å². The predicted octanol–water partition coefficient (Wildman–Crippen LogP) is 1.19. The lowest BCUT2D eigenvalue weighted by Gasteiger charge is -2.33. The number of carbonyl (C=O) groups excluding carboxylic acids is 1. The van der Waals surface area contributed by atoms with Crippen molar-refractivity contribution >= 4 is 17.5 Å². The van der Waals surface area contributed by atoms with Crippen LogP contribution in [0.15, 0.2) is 29.4 Å². The summed E-state index contributed by atoms with van der Waals surface area (Å²) in [6, 6.07) is 6.15. The van der Waals surface area contributed by atoms with E-state index in [1.54, 1.807) is 7.05 Å². The largest absolute Gasteiger partial charge is 0.356 e. The van der Waals surface area contributed by atoms with E-state index in [0.29, 0.717) is 31.5 Å². The summed E-state index contributed by atoms with van der Waals surface area (Å²) >= 11 is 0. The maximum atomic E-state index is 12.4. The first-order valence-corrected chi connectivity index (χ1v) is 9.21. The molecule has 1 aliphatic heterocycles. The number of aromatic nitrogens is 3. The molecule has 8 nitrogen and oxygen atoms in total. The number of carbonyl (C=O) groups is 1. The minimum absolute atomic E-state index is 0.212. The summed E-state index contributed by atoms with van der Waals surface area (Å²) in [6.07, 6.45) is 5.84. The van der Waals surface area contributed by atoms with Gasteiger partial charge in [-0.05, 0) is 38.3 Å². The van der Waals surface area contributed by atoms with Crippen LogP contribution in [0.5, 0.6) is 0 Å². The molecular formula is C18H27N7O. The summed E-state index contributed by atoms with van der Waals surface area (Å²) in [5.74, 6) is 1.67. The quantitative estimate of drug-likeness (QED) is 0.620. The molecule has 0 radical (unpaired) electrons. The molecule has 3 heterocycles. The zero-order chi connectivity index (χ0) is 18.4. The second-order valence-corrected chi connectivity index (χ2v) is 6.58. The second-order valence-electron chi connectivity index (χ2n) is 6.58. The van der Waals surface area contributed by atoms with Gasteiger partial charge in [0.1, 0.15) is 0 Å². The molecule has 1 saturated heterocycles. The molecule has 0 aliphatic carbocycles. The lowest BCUT2D eigenvalue weighted by molar-refractivity contribution is -0.134. The Hall–Kier alpha value is -2.64. The van der Waals surface area contributed by atoms with Crippen molar-refractivity contribution in [2.75, 3.05) is 20.1 Å². The molecule has 26 heavy (non-hydrogen) atoms. The van der Waals surface area contributed by atoms with E-state index in [1.165, 1.54) is 6.42 Å². The molecule has 8 heteroatoms. The minimum Gasteiger partial charge on any atom is -0.356 e. The summed E-state index contributed by atoms with van der Waals surface area (Å²) in [6.45, 7) is 4.07. The van der Waals surface area contributed by atoms with Crippen LogP contribution in [-0.2, 0) is 11.3 Å². The summed E-state index contributed by atoms with van der Waals surface area (Å²) in [5, 5.41) is 14.7. The molecule has 0 aromatic carbocycles. The first-order valence-electron chi connectivity index (χ1n) is 9.21. The van der Waals surface area contributed by atoms with Crippen molar-refractivity contribution in [2.45, 2.75) is 45.2 Å². The smallest absolute Gasteiger partial charge is 0.224 e. The Bertz CT molecular complexity index is 770. The number of hydrogen-bond acceptors (Lipinski definition) is 4. The van der Waals surface area contributed by atoms with Crippen molar-refractivity contribution in [1.29, 1.82) is 0 Å². The van der Waals surface area contributed by atoms with Crippen molar-refractivity contribution < 1.29 is 4.79 Å². The van der Waals surface area contributed by atoms with Crippen molar-refractivity contribution in [3.8, 4) is 0 Å². The number of fused-ring (bicyclic) bond motifs is 1. The molecule has 0 spiro atoms. The topological polar surface area (TPSA) is 86.9 Å². The molecule has 3 rings (SSSR count). The van der Waals surface area contributed by atoms with Crippen LogP contribution in [0, 0.1) is 0 Å². The molecule has 0 bridgehead atoms. The standard InChI is InChI=1S/C18H27N7O/c1-14-7-3-5-11-24(14)17(26)9-10-20-18(19-2)21-13-16-23-22-15-8-4-6-12-25(15)16/h4,6,8,12,14H,3,5,7,9-11,13H2,1-2H3,(H2,19,20,21). The van der Waals surface area contributed by atoms with Crippen molar-refractivity contribution in [3.63, 3.8) is 0 Å². The van der Waals surface area contributed by atoms with E-state index in [9.17, 15) is 4.79 Å². The third-order valence-electron chi connectivity index (χ3n) is 4.78. The van der Waals surface area contributed by atoms with Gasteiger partial charge in [0.25, 0.3) is 0 Å². The number of guanidine groups is 1. The number of rotatable bonds is 5. The molecule has 2 N–H and O–H groups in total. The normalized spacial score (nSPS) is 18.2. The van der Waals surface area contributed by atoms with Crippen LogP contribution in [0.4, 0.5) is 0 Å². The molecule has 1 fully saturated rings. The lowest BCUT2D eigenvalue weighted by atomic mass is 10.0. The Kier molecular flexibility index (Phi) is 6.04. The van der Waals surface area contributed by atoms with Gasteiger partial charge in [-0.2, -0.15) is 0 Å². The van der Waals surface area contributed by atoms with Gasteiger partial charge < -0.3 is 15.5 Å². The summed E-state index contributed by atoms with van der Waals surface area (Å²) in [4.78, 5) is 18.6. The van der Waals surface area contributed by atoms with E-state index in [1.807, 2.05) is 33.7 Å². The molecule has 1 aliphatic rings. The van der Waals surface area contributed by atoms with Crippen LogP contribution in [0.3, 0.4) is 0 Å². The van der Waals surface area contributed by atoms with Gasteiger partial charge in [-0.1, -0.05) is 6.07 Å². The molecule has 1 atom stereocenters. The highest BCUT2D eigenvalue weighted by Crippen LogP contribution is 2.16. The maximum Gasteiger partial charge on any atom is 0.224 e. The minimum atomic E-state index is 0.212. The highest BCUT2D eigenvalue weighted by atomic mass is 16.2. The van der Waals surface area contributed by atoms with E-state index >= 15 is 0 Å². The Morgan fingerprint density at radius 1 is 1.31 bits per heavy atom. The number of piperidine rings is 1. The highest BCUT2D eigenvalue weighted by Gasteiger charge is 2.22. The molecule has 2 aromatic heterocycles. The van der Waals surface area contributed by atoms with Crippen LogP contribution in [0.1, 0.15) is 38.4 Å². The van der Waals surface area contributed by atoms with E-state index in [-0.39, 0.29) is 5.91 Å². The summed E-state index contributed by atoms with van der Waals surface area (Å²) < 4.78 is 1.93. The fraction of sp³-hybridized carbons (Fsp3) is 0.556. The maximum absolute atomic E-state index is 12.4. The number of nitrogens with zero attached hydrogens (tertiary/aromatic N) is 5. The van der Waals surface area contributed by atoms with Crippen LogP contribution in [0.25, 0.3) is 5.65 Å². The van der Waals surface area contributed by atoms with Crippen molar-refractivity contribution in [1.82, 2.24) is 30.1 Å². The Balaban J connectivity index is 1.45. The zero-order valence-electron chi connectivity index (χ0n) is 15.5. The van der Waals surface area contributed by atoms with Gasteiger partial charge in [0.15, 0.2) is 17.4 Å². The van der Waals surface area contributed by atoms with Crippen LogP contribution >= 0.6 is 0 Å². The van der Waals surface area contributed by atoms with Gasteiger partial charge in [0.2, 0.25) is 5.91 Å². The first kappa shape index (κ1) is 18.2. The molecule has 1 unspecified atom stereocenters. The number of aliphatic imine (C=N–C) groups is 1. The SMILES string of the molecule is CN=C(NCCC(=O)N1CCCCC1C)NCc1nnc2ccccn12. The zero-order valence-corrected chi connectivity index (χ0v) is 15.5. The van der Waals surface area contributed by atoms with Gasteiger partial charge in [-0.3, -0.25) is 14.2 Å². The van der Waals surface area contributed by atoms with E-state index in [0.717, 1.165) is 30.9 Å². The first-order chi connectivity index (χ1) is 12.7. The third kappa shape index (κ3) is 4.30. The highest BCUT2D eigenvalue weighted by molar-refractivity contribution is 5.81. The second kappa shape index (κ2) is 8.64. The number of nitrogens with one attached hydrogen (secondary N) is 2. The van der Waals surface area contributed by atoms with E-state index in [2.05, 4.69) is 32.7 Å². The molecule has 2 aromatic rings. The number of pyridine rings is 1. The number of hydrogen-bond donors (Lipinski definition) is 2. The lowest BCUT2D eigenvalue weighted by Crippen LogP contribution is -2.44. The fourth-order valence-electron chi connectivity index (χ4n) is 3.29. The van der Waals surface area contributed by atoms with Gasteiger partial charge in [-0.15, -0.1) is 10.2 Å². The molecule has 140 valence electrons. The van der Waals surface area contributed by atoms with Gasteiger partial charge >= 0.3 is 0 Å². The van der Waals surface area contributed by atoms with Crippen LogP contribution in [-0.4, -0.2) is 57.5 Å². The Morgan fingerprint density at radius 2 is 2.19 bits per heavy atom. The summed E-state index contributed by atoms with van der Waals surface area (Å²) in [5.41, 5.74) is 0.813. The number of likely N-dealkylation sites (tertiary alicyclic amines) is 1. The van der Waals surface area contributed by atoms with Gasteiger partial charge in [0, 0.05) is 38.8 Å². The van der Waals surface area contributed by atoms with Gasteiger partial charge in [-0.25, -0.2) is 0 Å². The van der Waals surface area contributed by atoms with Crippen molar-refractivity contribution in [3.05, 3.63) is 30.2 Å². The fourth-order valence-corrected chi connectivity index (χ4v) is 3.29. The number of amides is 1. The monoisotopic (exact) mass is 357 g/mol. The summed E-state index contributed by atoms with van der Waals surface area (Å²) in [7, 11) is 1.71. The predicted molar refractivity (Wildman–Crippen MR) is 101 cm³/mol. The Labute approximate surface area is 153 Å². The average molecular weight is 357 g/mol. The average Bonchev–Trinajstić information content (AvgIpc) is 3.08. The third-order valence-corrected chi connectivity index (χ3v) is 4.78. The van der Waals surface area contributed by atoms with E-state index < -0.39 is 0 Å². The van der Waals surface area contributed by atoms with Crippen molar-refractivity contribution in [2.24, 2.45) is 4.99 Å². The van der Waals surface area contributed by atoms with Crippen LogP contribution in [0.2, 0.25) is 0 Å². The Morgan fingerprint density at radius 3 is 3.00 bits per heavy atom.